The second-order valence-corrected chi connectivity index (χ2v) is 7.96. The first kappa shape index (κ1) is 20.2. The van der Waals surface area contributed by atoms with Crippen molar-refractivity contribution < 1.29 is 14.3 Å². The van der Waals surface area contributed by atoms with Gasteiger partial charge in [-0.1, -0.05) is 23.7 Å². The van der Waals surface area contributed by atoms with Crippen LogP contribution in [0.4, 0.5) is 0 Å². The molecule has 10 nitrogen and oxygen atoms in total. The molecule has 168 valence electrons. The molecule has 2 aromatic carbocycles. The number of benzene rings is 2. The second-order valence-electron chi connectivity index (χ2n) is 7.52. The summed E-state index contributed by atoms with van der Waals surface area (Å²) in [6.45, 7) is 0.860. The number of carbonyl (C=O) groups is 1. The highest BCUT2D eigenvalue weighted by molar-refractivity contribution is 6.30. The highest BCUT2D eigenvalue weighted by Gasteiger charge is 2.18. The minimum atomic E-state index is -0.540. The van der Waals surface area contributed by atoms with Crippen molar-refractivity contribution >= 4 is 34.2 Å². The molecule has 6 rings (SSSR count). The number of pyridine rings is 1. The van der Waals surface area contributed by atoms with Crippen LogP contribution in [0.25, 0.3) is 27.8 Å². The van der Waals surface area contributed by atoms with Crippen LogP contribution in [-0.2, 0) is 0 Å². The van der Waals surface area contributed by atoms with Gasteiger partial charge in [0.25, 0.3) is 11.5 Å². The molecule has 1 amide bonds. The zero-order valence-corrected chi connectivity index (χ0v) is 18.2. The predicted molar refractivity (Wildman–Crippen MR) is 124 cm³/mol. The van der Waals surface area contributed by atoms with Gasteiger partial charge >= 0.3 is 0 Å². The van der Waals surface area contributed by atoms with Crippen LogP contribution in [0, 0.1) is 0 Å². The maximum Gasteiger partial charge on any atom is 0.299 e. The van der Waals surface area contributed by atoms with E-state index in [0.717, 1.165) is 15.8 Å². The van der Waals surface area contributed by atoms with E-state index in [1.165, 1.54) is 6.20 Å². The fourth-order valence-corrected chi connectivity index (χ4v) is 3.90. The third kappa shape index (κ3) is 3.32. The number of amides is 1. The summed E-state index contributed by atoms with van der Waals surface area (Å²) in [4.78, 5) is 25.8. The predicted octanol–water partition coefficient (Wildman–Crippen LogP) is 2.91. The first-order valence-electron chi connectivity index (χ1n) is 10.3. The van der Waals surface area contributed by atoms with E-state index >= 15 is 0 Å². The van der Waals surface area contributed by atoms with E-state index in [-0.39, 0.29) is 5.52 Å². The molecule has 4 heterocycles. The van der Waals surface area contributed by atoms with Crippen molar-refractivity contribution in [1.29, 1.82) is 0 Å². The number of halogens is 1. The molecule has 34 heavy (non-hydrogen) atoms. The third-order valence-electron chi connectivity index (χ3n) is 5.44. The van der Waals surface area contributed by atoms with Crippen LogP contribution >= 0.6 is 11.6 Å². The minimum Gasteiger partial charge on any atom is -0.486 e. The van der Waals surface area contributed by atoms with E-state index in [1.807, 2.05) is 12.1 Å². The SMILES string of the molecule is O=C(Nn1ccc2c(nnc3c(-c4ccc(Cl)cc4)cnn32)c1=O)c1ccc2c(c1)OCCO2. The zero-order valence-electron chi connectivity index (χ0n) is 17.4. The Hall–Kier alpha value is -4.44. The van der Waals surface area contributed by atoms with Gasteiger partial charge in [0.15, 0.2) is 22.7 Å². The van der Waals surface area contributed by atoms with Crippen molar-refractivity contribution in [1.82, 2.24) is 24.5 Å². The van der Waals surface area contributed by atoms with Crippen molar-refractivity contribution in [3.63, 3.8) is 0 Å². The quantitative estimate of drug-likeness (QED) is 0.427. The number of hydrogen-bond donors (Lipinski definition) is 1. The summed E-state index contributed by atoms with van der Waals surface area (Å²) in [5.41, 5.74) is 4.98. The fourth-order valence-electron chi connectivity index (χ4n) is 3.77. The topological polar surface area (TPSA) is 113 Å². The van der Waals surface area contributed by atoms with Crippen LogP contribution < -0.4 is 20.5 Å². The average Bonchev–Trinajstić information content (AvgIpc) is 3.30. The first-order valence-corrected chi connectivity index (χ1v) is 10.7. The van der Waals surface area contributed by atoms with Crippen LogP contribution in [0.1, 0.15) is 10.4 Å². The highest BCUT2D eigenvalue weighted by Crippen LogP contribution is 2.31. The summed E-state index contributed by atoms with van der Waals surface area (Å²) in [5.74, 6) is 0.562. The molecule has 0 spiro atoms. The molecule has 11 heteroatoms. The Kier molecular flexibility index (Phi) is 4.66. The zero-order chi connectivity index (χ0) is 23.2. The fraction of sp³-hybridized carbons (Fsp3) is 0.0870. The van der Waals surface area contributed by atoms with Crippen LogP contribution in [-0.4, -0.2) is 43.6 Å². The normalized spacial score (nSPS) is 12.7. The summed E-state index contributed by atoms with van der Waals surface area (Å²) in [6, 6.07) is 13.7. The maximum absolute atomic E-state index is 13.0. The molecule has 0 saturated carbocycles. The number of carbonyl (C=O) groups excluding carboxylic acids is 1. The second kappa shape index (κ2) is 7.85. The molecule has 0 radical (unpaired) electrons. The van der Waals surface area contributed by atoms with Gasteiger partial charge in [0, 0.05) is 22.3 Å². The van der Waals surface area contributed by atoms with Gasteiger partial charge in [-0.2, -0.15) is 5.10 Å². The largest absolute Gasteiger partial charge is 0.486 e. The molecule has 0 unspecified atom stereocenters. The first-order chi connectivity index (χ1) is 16.6. The summed E-state index contributed by atoms with van der Waals surface area (Å²) >= 11 is 5.98. The van der Waals surface area contributed by atoms with Gasteiger partial charge in [0.05, 0.1) is 6.20 Å². The number of aromatic nitrogens is 5. The molecule has 1 N–H and O–H groups in total. The Bertz CT molecular complexity index is 1640. The van der Waals surface area contributed by atoms with Crippen molar-refractivity contribution in [2.45, 2.75) is 0 Å². The van der Waals surface area contributed by atoms with E-state index in [0.29, 0.717) is 46.5 Å². The van der Waals surface area contributed by atoms with E-state index in [1.54, 1.807) is 47.1 Å². The van der Waals surface area contributed by atoms with Gasteiger partial charge in [-0.25, -0.2) is 9.19 Å². The van der Waals surface area contributed by atoms with Crippen molar-refractivity contribution in [3.8, 4) is 22.6 Å². The molecular weight excluding hydrogens is 460 g/mol. The van der Waals surface area contributed by atoms with Gasteiger partial charge in [-0.15, -0.1) is 10.2 Å². The van der Waals surface area contributed by atoms with Crippen LogP contribution in [0.15, 0.2) is 65.7 Å². The molecule has 0 saturated heterocycles. The summed E-state index contributed by atoms with van der Waals surface area (Å²) in [7, 11) is 0. The van der Waals surface area contributed by atoms with Crippen LogP contribution in [0.3, 0.4) is 0 Å². The number of fused-ring (bicyclic) bond motifs is 4. The third-order valence-corrected chi connectivity index (χ3v) is 5.70. The lowest BCUT2D eigenvalue weighted by molar-refractivity contribution is 0.101. The number of nitrogens with zero attached hydrogens (tertiary/aromatic N) is 5. The van der Waals surface area contributed by atoms with Crippen molar-refractivity contribution in [3.05, 3.63) is 81.9 Å². The van der Waals surface area contributed by atoms with E-state index in [9.17, 15) is 9.59 Å². The molecule has 3 aromatic heterocycles. The lowest BCUT2D eigenvalue weighted by Crippen LogP contribution is -2.33. The van der Waals surface area contributed by atoms with Gasteiger partial charge in [-0.3, -0.25) is 15.0 Å². The lowest BCUT2D eigenvalue weighted by Gasteiger charge is -2.18. The monoisotopic (exact) mass is 474 g/mol. The van der Waals surface area contributed by atoms with E-state index < -0.39 is 11.5 Å². The molecule has 1 aliphatic heterocycles. The number of ether oxygens (including phenoxy) is 2. The summed E-state index contributed by atoms with van der Waals surface area (Å²) < 4.78 is 13.6. The molecule has 0 aliphatic carbocycles. The van der Waals surface area contributed by atoms with Gasteiger partial charge < -0.3 is 9.47 Å². The molecule has 5 aromatic rings. The Labute approximate surface area is 196 Å². The van der Waals surface area contributed by atoms with Gasteiger partial charge in [0.1, 0.15) is 18.7 Å². The molecule has 0 fully saturated rings. The number of nitrogens with one attached hydrogen (secondary N) is 1. The average molecular weight is 475 g/mol. The van der Waals surface area contributed by atoms with Crippen molar-refractivity contribution in [2.24, 2.45) is 0 Å². The Morgan fingerprint density at radius 2 is 1.79 bits per heavy atom. The van der Waals surface area contributed by atoms with Crippen LogP contribution in [0.5, 0.6) is 11.5 Å². The number of rotatable bonds is 3. The van der Waals surface area contributed by atoms with E-state index in [4.69, 9.17) is 21.1 Å². The number of hydrogen-bond acceptors (Lipinski definition) is 7. The standard InChI is InChI=1S/C23H15ClN6O4/c24-15-4-1-13(2-5-15)16-12-25-30-17-7-8-29(23(32)20(17)26-27-21(16)30)28-22(31)14-3-6-18-19(11-14)34-10-9-33-18/h1-8,11-12H,9-10H2,(H,28,31). The Morgan fingerprint density at radius 3 is 2.62 bits per heavy atom. The molecule has 1 aliphatic rings. The Morgan fingerprint density at radius 1 is 1.00 bits per heavy atom. The summed E-state index contributed by atoms with van der Waals surface area (Å²) in [6.07, 6.45) is 3.10. The molecule has 0 bridgehead atoms. The van der Waals surface area contributed by atoms with Crippen LogP contribution in [0.2, 0.25) is 5.02 Å². The highest BCUT2D eigenvalue weighted by atomic mass is 35.5. The Balaban J connectivity index is 1.35. The lowest BCUT2D eigenvalue weighted by atomic mass is 10.1. The van der Waals surface area contributed by atoms with E-state index in [2.05, 4.69) is 20.7 Å². The molecular formula is C23H15ClN6O4. The molecule has 0 atom stereocenters. The summed E-state index contributed by atoms with van der Waals surface area (Å²) in [5, 5.41) is 13.3. The van der Waals surface area contributed by atoms with Crippen molar-refractivity contribution in [2.75, 3.05) is 18.6 Å². The van der Waals surface area contributed by atoms with Gasteiger partial charge in [0.2, 0.25) is 0 Å². The smallest absolute Gasteiger partial charge is 0.299 e. The maximum atomic E-state index is 13.0. The minimum absolute atomic E-state index is 0.0585. The van der Waals surface area contributed by atoms with Gasteiger partial charge in [-0.05, 0) is 42.0 Å².